The van der Waals surface area contributed by atoms with Crippen molar-refractivity contribution in [2.24, 2.45) is 11.8 Å². The van der Waals surface area contributed by atoms with Crippen molar-refractivity contribution in [3.05, 3.63) is 53.2 Å². The number of hydrogen-bond donors (Lipinski definition) is 0. The van der Waals surface area contributed by atoms with Crippen molar-refractivity contribution in [2.75, 3.05) is 29.9 Å². The second-order valence-electron chi connectivity index (χ2n) is 11.5. The third kappa shape index (κ3) is 10.7. The van der Waals surface area contributed by atoms with E-state index in [9.17, 15) is 14.4 Å². The summed E-state index contributed by atoms with van der Waals surface area (Å²) in [6, 6.07) is 9.85. The van der Waals surface area contributed by atoms with Gasteiger partial charge in [0.1, 0.15) is 12.4 Å². The smallest absolute Gasteiger partial charge is 0.418 e. The van der Waals surface area contributed by atoms with Crippen LogP contribution in [0.4, 0.5) is 16.3 Å². The van der Waals surface area contributed by atoms with Crippen LogP contribution >= 0.6 is 0 Å². The third-order valence-corrected chi connectivity index (χ3v) is 6.81. The summed E-state index contributed by atoms with van der Waals surface area (Å²) in [5.74, 6) is 0.558. The lowest BCUT2D eigenvalue weighted by molar-refractivity contribution is -0.165. The van der Waals surface area contributed by atoms with Gasteiger partial charge in [0.2, 0.25) is 6.29 Å². The van der Waals surface area contributed by atoms with Crippen LogP contribution in [0.1, 0.15) is 90.3 Å². The van der Waals surface area contributed by atoms with Crippen LogP contribution in [-0.4, -0.2) is 49.4 Å². The minimum Gasteiger partial charge on any atom is -0.461 e. The molecule has 0 fully saturated rings. The number of amides is 1. The summed E-state index contributed by atoms with van der Waals surface area (Å²) in [6.07, 6.45) is 0.857. The predicted molar refractivity (Wildman–Crippen MR) is 165 cm³/mol. The Bertz CT molecular complexity index is 1170. The maximum absolute atomic E-state index is 12.9. The average molecular weight is 584 g/mol. The van der Waals surface area contributed by atoms with E-state index in [2.05, 4.69) is 62.7 Å². The number of aromatic nitrogens is 1. The molecule has 42 heavy (non-hydrogen) atoms. The van der Waals surface area contributed by atoms with Gasteiger partial charge in [-0.1, -0.05) is 59.7 Å². The van der Waals surface area contributed by atoms with Crippen LogP contribution < -0.4 is 9.80 Å². The van der Waals surface area contributed by atoms with E-state index in [1.165, 1.54) is 36.3 Å². The summed E-state index contributed by atoms with van der Waals surface area (Å²) in [7, 11) is 1.49. The molecule has 0 aliphatic rings. The number of anilines is 2. The zero-order chi connectivity index (χ0) is 31.4. The van der Waals surface area contributed by atoms with E-state index < -0.39 is 18.4 Å². The van der Waals surface area contributed by atoms with Crippen LogP contribution in [0.25, 0.3) is 0 Å². The van der Waals surface area contributed by atoms with Gasteiger partial charge in [0, 0.05) is 50.9 Å². The number of nitrogens with zero attached hydrogens (tertiary/aromatic N) is 3. The fraction of sp³-hybridized carbons (Fsp3) is 0.576. The molecule has 0 spiro atoms. The van der Waals surface area contributed by atoms with Crippen LogP contribution in [0, 0.1) is 18.8 Å². The van der Waals surface area contributed by atoms with E-state index in [1.54, 1.807) is 19.1 Å². The molecule has 9 heteroatoms. The fourth-order valence-corrected chi connectivity index (χ4v) is 4.81. The van der Waals surface area contributed by atoms with Gasteiger partial charge in [0.25, 0.3) is 0 Å². The van der Waals surface area contributed by atoms with E-state index in [0.29, 0.717) is 17.4 Å². The Hall–Kier alpha value is -3.62. The normalized spacial score (nSPS) is 12.5. The zero-order valence-corrected chi connectivity index (χ0v) is 26.8. The molecule has 1 aromatic heterocycles. The van der Waals surface area contributed by atoms with Crippen LogP contribution in [0.15, 0.2) is 36.5 Å². The highest BCUT2D eigenvalue weighted by molar-refractivity contribution is 5.86. The van der Waals surface area contributed by atoms with Crippen molar-refractivity contribution in [2.45, 2.75) is 93.5 Å². The Labute approximate surface area is 251 Å². The average Bonchev–Trinajstić information content (AvgIpc) is 2.93. The highest BCUT2D eigenvalue weighted by Gasteiger charge is 2.24. The van der Waals surface area contributed by atoms with Crippen LogP contribution in [0.3, 0.4) is 0 Å². The van der Waals surface area contributed by atoms with Crippen molar-refractivity contribution >= 4 is 29.5 Å². The van der Waals surface area contributed by atoms with Gasteiger partial charge >= 0.3 is 18.0 Å². The molecule has 0 saturated heterocycles. The number of carbonyl (C=O) groups excluding carboxylic acids is 3. The van der Waals surface area contributed by atoms with Crippen molar-refractivity contribution in [3.63, 3.8) is 0 Å². The molecule has 0 aliphatic heterocycles. The Balaban J connectivity index is 2.02. The van der Waals surface area contributed by atoms with E-state index in [0.717, 1.165) is 25.1 Å². The SMILES string of the molecule is CCC(=O)OCc1cccnc1N(C)C(=O)OC(C)OC(=O)C[C@H](CC)c1ccc(N(CC(C)C)CC(C)C)c(C)c1. The van der Waals surface area contributed by atoms with E-state index >= 15 is 0 Å². The van der Waals surface area contributed by atoms with Crippen molar-refractivity contribution in [1.82, 2.24) is 4.98 Å². The van der Waals surface area contributed by atoms with Crippen molar-refractivity contribution in [1.29, 1.82) is 0 Å². The maximum Gasteiger partial charge on any atom is 0.418 e. The number of benzene rings is 1. The molecule has 2 atom stereocenters. The molecule has 1 amide bonds. The number of hydrogen-bond acceptors (Lipinski definition) is 8. The van der Waals surface area contributed by atoms with Gasteiger partial charge in [-0.05, 0) is 54.4 Å². The number of ether oxygens (including phenoxy) is 3. The lowest BCUT2D eigenvalue weighted by Gasteiger charge is -2.30. The topological polar surface area (TPSA) is 98.3 Å². The molecule has 0 N–H and O–H groups in total. The first-order valence-electron chi connectivity index (χ1n) is 14.9. The summed E-state index contributed by atoms with van der Waals surface area (Å²) >= 11 is 0. The van der Waals surface area contributed by atoms with Crippen LogP contribution in [0.5, 0.6) is 0 Å². The highest BCUT2D eigenvalue weighted by Crippen LogP contribution is 2.30. The quantitative estimate of drug-likeness (QED) is 0.163. The molecule has 2 aromatic rings. The predicted octanol–water partition coefficient (Wildman–Crippen LogP) is 7.01. The Morgan fingerprint density at radius 1 is 0.929 bits per heavy atom. The Kier molecular flexibility index (Phi) is 13.8. The molecule has 1 unspecified atom stereocenters. The minimum atomic E-state index is -1.10. The summed E-state index contributed by atoms with van der Waals surface area (Å²) in [5, 5.41) is 0. The number of pyridine rings is 1. The first-order valence-corrected chi connectivity index (χ1v) is 14.9. The Morgan fingerprint density at radius 3 is 2.17 bits per heavy atom. The summed E-state index contributed by atoms with van der Waals surface area (Å²) in [4.78, 5) is 45.1. The third-order valence-electron chi connectivity index (χ3n) is 6.81. The molecule has 0 saturated carbocycles. The number of esters is 2. The van der Waals surface area contributed by atoms with Gasteiger partial charge in [0.15, 0.2) is 0 Å². The lowest BCUT2D eigenvalue weighted by atomic mass is 9.91. The molecular formula is C33H49N3O6. The number of aryl methyl sites for hydroxylation is 1. The van der Waals surface area contributed by atoms with Crippen LogP contribution in [0.2, 0.25) is 0 Å². The van der Waals surface area contributed by atoms with E-state index in [4.69, 9.17) is 14.2 Å². The van der Waals surface area contributed by atoms with E-state index in [1.807, 2.05) is 6.92 Å². The highest BCUT2D eigenvalue weighted by atomic mass is 16.7. The Morgan fingerprint density at radius 2 is 1.60 bits per heavy atom. The van der Waals surface area contributed by atoms with Gasteiger partial charge in [-0.2, -0.15) is 0 Å². The van der Waals surface area contributed by atoms with Crippen molar-refractivity contribution < 1.29 is 28.6 Å². The second-order valence-corrected chi connectivity index (χ2v) is 11.5. The number of rotatable bonds is 15. The van der Waals surface area contributed by atoms with Crippen LogP contribution in [-0.2, 0) is 30.4 Å². The maximum atomic E-state index is 12.9. The monoisotopic (exact) mass is 583 g/mol. The van der Waals surface area contributed by atoms with E-state index in [-0.39, 0.29) is 37.2 Å². The van der Waals surface area contributed by atoms with Gasteiger partial charge in [-0.3, -0.25) is 14.5 Å². The summed E-state index contributed by atoms with van der Waals surface area (Å²) in [5.41, 5.74) is 4.04. The van der Waals surface area contributed by atoms with Gasteiger partial charge in [-0.15, -0.1) is 0 Å². The molecule has 1 heterocycles. The van der Waals surface area contributed by atoms with Gasteiger partial charge in [-0.25, -0.2) is 9.78 Å². The minimum absolute atomic E-state index is 0.0235. The molecule has 0 bridgehead atoms. The first kappa shape index (κ1) is 34.6. The first-order chi connectivity index (χ1) is 19.9. The molecular weight excluding hydrogens is 534 g/mol. The number of carbonyl (C=O) groups is 3. The summed E-state index contributed by atoms with van der Waals surface area (Å²) < 4.78 is 16.0. The second kappa shape index (κ2) is 16.7. The van der Waals surface area contributed by atoms with Gasteiger partial charge in [0.05, 0.1) is 6.42 Å². The molecule has 1 aromatic carbocycles. The standard InChI is InChI=1S/C33H49N3O6/c1-10-26(27-14-15-29(24(7)17-27)36(19-22(3)4)20-23(5)6)18-31(38)41-25(8)42-33(39)35(9)32-28(13-12-16-34-32)21-40-30(37)11-2/h12-17,22-23,25-26H,10-11,18-21H2,1-9H3/t25?,26-/m0/s1. The zero-order valence-electron chi connectivity index (χ0n) is 26.8. The molecule has 0 radical (unpaired) electrons. The molecule has 0 aliphatic carbocycles. The lowest BCUT2D eigenvalue weighted by Crippen LogP contribution is -2.33. The van der Waals surface area contributed by atoms with Gasteiger partial charge < -0.3 is 19.1 Å². The largest absolute Gasteiger partial charge is 0.461 e. The summed E-state index contributed by atoms with van der Waals surface area (Å²) in [6.45, 7) is 18.3. The molecule has 2 rings (SSSR count). The molecule has 9 nitrogen and oxygen atoms in total. The molecule has 232 valence electrons. The van der Waals surface area contributed by atoms with Crippen molar-refractivity contribution in [3.8, 4) is 0 Å². The fourth-order valence-electron chi connectivity index (χ4n) is 4.81.